The van der Waals surface area contributed by atoms with Gasteiger partial charge in [-0.05, 0) is 31.0 Å². The lowest BCUT2D eigenvalue weighted by Gasteiger charge is -2.31. The Morgan fingerprint density at radius 1 is 1.28 bits per heavy atom. The third-order valence-corrected chi connectivity index (χ3v) is 4.99. The van der Waals surface area contributed by atoms with E-state index in [1.165, 1.54) is 11.3 Å². The molecule has 1 aliphatic heterocycles. The number of carbonyl (C=O) groups is 2. The maximum atomic E-state index is 12.6. The van der Waals surface area contributed by atoms with Crippen molar-refractivity contribution in [3.05, 3.63) is 29.3 Å². The van der Waals surface area contributed by atoms with E-state index < -0.39 is 24.5 Å². The van der Waals surface area contributed by atoms with Crippen molar-refractivity contribution < 1.29 is 22.8 Å². The van der Waals surface area contributed by atoms with Crippen LogP contribution in [0.4, 0.5) is 13.2 Å². The number of hydrogen-bond donors (Lipinski definition) is 1. The van der Waals surface area contributed by atoms with E-state index >= 15 is 0 Å². The van der Waals surface area contributed by atoms with E-state index in [0.717, 1.165) is 10.2 Å². The van der Waals surface area contributed by atoms with Gasteiger partial charge in [0.05, 0.1) is 15.7 Å². The molecule has 0 bridgehead atoms. The minimum atomic E-state index is -4.42. The molecule has 3 rings (SSSR count). The standard InChI is InChI=1S/C16H16F3N3O2S/c17-16(18,19)8-20-14(23)10-3-5-22(6-4-10)15(24)11-1-2-12-13(7-11)25-9-21-12/h1-2,7,9-10H,3-6,8H2,(H,20,23). The van der Waals surface area contributed by atoms with Gasteiger partial charge in [0.25, 0.3) is 5.91 Å². The predicted molar refractivity (Wildman–Crippen MR) is 87.3 cm³/mol. The molecule has 0 spiro atoms. The van der Waals surface area contributed by atoms with Crippen molar-refractivity contribution in [3.8, 4) is 0 Å². The fourth-order valence-electron chi connectivity index (χ4n) is 2.85. The minimum absolute atomic E-state index is 0.135. The second-order valence-electron chi connectivity index (χ2n) is 5.93. The lowest BCUT2D eigenvalue weighted by Crippen LogP contribution is -2.44. The molecule has 134 valence electrons. The second-order valence-corrected chi connectivity index (χ2v) is 6.82. The molecule has 2 amide bonds. The highest BCUT2D eigenvalue weighted by Gasteiger charge is 2.32. The number of amides is 2. The van der Waals surface area contributed by atoms with Crippen molar-refractivity contribution >= 4 is 33.4 Å². The van der Waals surface area contributed by atoms with Gasteiger partial charge in [-0.3, -0.25) is 9.59 Å². The maximum Gasteiger partial charge on any atom is 0.405 e. The van der Waals surface area contributed by atoms with Gasteiger partial charge in [0.2, 0.25) is 5.91 Å². The van der Waals surface area contributed by atoms with Gasteiger partial charge in [-0.2, -0.15) is 13.2 Å². The Morgan fingerprint density at radius 2 is 2.00 bits per heavy atom. The van der Waals surface area contributed by atoms with Crippen LogP contribution in [0.2, 0.25) is 0 Å². The second kappa shape index (κ2) is 6.99. The third kappa shape index (κ3) is 4.28. The first-order valence-electron chi connectivity index (χ1n) is 7.80. The van der Waals surface area contributed by atoms with Gasteiger partial charge in [0.15, 0.2) is 0 Å². The van der Waals surface area contributed by atoms with Crippen LogP contribution in [0.15, 0.2) is 23.7 Å². The molecule has 9 heteroatoms. The first kappa shape index (κ1) is 17.7. The van der Waals surface area contributed by atoms with Crippen LogP contribution in [0.5, 0.6) is 0 Å². The number of aromatic nitrogens is 1. The van der Waals surface area contributed by atoms with Gasteiger partial charge in [0.1, 0.15) is 6.54 Å². The number of nitrogens with zero attached hydrogens (tertiary/aromatic N) is 2. The zero-order valence-electron chi connectivity index (χ0n) is 13.2. The van der Waals surface area contributed by atoms with E-state index in [-0.39, 0.29) is 5.91 Å². The van der Waals surface area contributed by atoms with Crippen molar-refractivity contribution in [2.45, 2.75) is 19.0 Å². The molecule has 1 saturated heterocycles. The zero-order chi connectivity index (χ0) is 18.0. The zero-order valence-corrected chi connectivity index (χ0v) is 14.0. The molecule has 25 heavy (non-hydrogen) atoms. The summed E-state index contributed by atoms with van der Waals surface area (Å²) in [5.74, 6) is -1.23. The van der Waals surface area contributed by atoms with Gasteiger partial charge >= 0.3 is 6.18 Å². The fourth-order valence-corrected chi connectivity index (χ4v) is 3.56. The van der Waals surface area contributed by atoms with Crippen LogP contribution in [0.3, 0.4) is 0 Å². The van der Waals surface area contributed by atoms with E-state index in [1.54, 1.807) is 28.6 Å². The average Bonchev–Trinajstić information content (AvgIpc) is 3.06. The quantitative estimate of drug-likeness (QED) is 0.903. The Hall–Kier alpha value is -2.16. The molecule has 5 nitrogen and oxygen atoms in total. The smallest absolute Gasteiger partial charge is 0.347 e. The Bertz CT molecular complexity index is 782. The highest BCUT2D eigenvalue weighted by Crippen LogP contribution is 2.23. The molecule has 0 aliphatic carbocycles. The number of hydrogen-bond acceptors (Lipinski definition) is 4. The van der Waals surface area contributed by atoms with Crippen LogP contribution >= 0.6 is 11.3 Å². The van der Waals surface area contributed by atoms with Gasteiger partial charge in [-0.25, -0.2) is 4.98 Å². The molecule has 0 radical (unpaired) electrons. The lowest BCUT2D eigenvalue weighted by atomic mass is 9.95. The van der Waals surface area contributed by atoms with E-state index in [2.05, 4.69) is 4.98 Å². The molecule has 1 N–H and O–H groups in total. The molecular formula is C16H16F3N3O2S. The summed E-state index contributed by atoms with van der Waals surface area (Å²) < 4.78 is 37.4. The Balaban J connectivity index is 1.56. The number of alkyl halides is 3. The summed E-state index contributed by atoms with van der Waals surface area (Å²) in [6.07, 6.45) is -3.70. The van der Waals surface area contributed by atoms with E-state index in [4.69, 9.17) is 0 Å². The van der Waals surface area contributed by atoms with Gasteiger partial charge in [0, 0.05) is 24.6 Å². The van der Waals surface area contributed by atoms with Crippen molar-refractivity contribution in [2.24, 2.45) is 5.92 Å². The van der Waals surface area contributed by atoms with Crippen LogP contribution in [-0.4, -0.2) is 47.5 Å². The van der Waals surface area contributed by atoms with Crippen LogP contribution in [0.25, 0.3) is 10.2 Å². The molecule has 1 aliphatic rings. The number of nitrogens with one attached hydrogen (secondary N) is 1. The maximum absolute atomic E-state index is 12.6. The van der Waals surface area contributed by atoms with Gasteiger partial charge in [-0.15, -0.1) is 11.3 Å². The molecule has 0 atom stereocenters. The SMILES string of the molecule is O=C(NCC(F)(F)F)C1CCN(C(=O)c2ccc3ncsc3c2)CC1. The average molecular weight is 371 g/mol. The molecule has 1 aromatic heterocycles. The molecular weight excluding hydrogens is 355 g/mol. The summed E-state index contributed by atoms with van der Waals surface area (Å²) >= 11 is 1.45. The summed E-state index contributed by atoms with van der Waals surface area (Å²) in [4.78, 5) is 30.1. The van der Waals surface area contributed by atoms with Crippen molar-refractivity contribution in [1.82, 2.24) is 15.2 Å². The third-order valence-electron chi connectivity index (χ3n) is 4.19. The number of rotatable bonds is 3. The summed E-state index contributed by atoms with van der Waals surface area (Å²) in [6.45, 7) is -0.618. The molecule has 0 unspecified atom stereocenters. The first-order chi connectivity index (χ1) is 11.8. The van der Waals surface area contributed by atoms with Gasteiger partial charge < -0.3 is 10.2 Å². The summed E-state index contributed by atoms with van der Waals surface area (Å²) in [5, 5.41) is 1.91. The number of carbonyl (C=O) groups excluding carboxylic acids is 2. The number of piperidine rings is 1. The van der Waals surface area contributed by atoms with Crippen LogP contribution in [0.1, 0.15) is 23.2 Å². The van der Waals surface area contributed by atoms with Crippen molar-refractivity contribution in [1.29, 1.82) is 0 Å². The van der Waals surface area contributed by atoms with Crippen LogP contribution < -0.4 is 5.32 Å². The molecule has 1 aromatic carbocycles. The summed E-state index contributed by atoms with van der Waals surface area (Å²) in [6, 6.07) is 5.29. The molecule has 0 saturated carbocycles. The van der Waals surface area contributed by atoms with Gasteiger partial charge in [-0.1, -0.05) is 0 Å². The number of benzene rings is 1. The Labute approximate surface area is 145 Å². The van der Waals surface area contributed by atoms with Crippen molar-refractivity contribution in [3.63, 3.8) is 0 Å². The van der Waals surface area contributed by atoms with E-state index in [0.29, 0.717) is 31.5 Å². The molecule has 2 aromatic rings. The van der Waals surface area contributed by atoms with E-state index in [9.17, 15) is 22.8 Å². The molecule has 1 fully saturated rings. The monoisotopic (exact) mass is 371 g/mol. The number of thiazole rings is 1. The highest BCUT2D eigenvalue weighted by molar-refractivity contribution is 7.16. The van der Waals surface area contributed by atoms with E-state index in [1.807, 2.05) is 5.32 Å². The molecule has 2 heterocycles. The van der Waals surface area contributed by atoms with Crippen LogP contribution in [0, 0.1) is 5.92 Å². The largest absolute Gasteiger partial charge is 0.405 e. The summed E-state index contributed by atoms with van der Waals surface area (Å²) in [7, 11) is 0. The normalized spacial score (nSPS) is 16.2. The Kier molecular flexibility index (Phi) is 4.94. The number of fused-ring (bicyclic) bond motifs is 1. The highest BCUT2D eigenvalue weighted by atomic mass is 32.1. The lowest BCUT2D eigenvalue weighted by molar-refractivity contribution is -0.141. The summed E-state index contributed by atoms with van der Waals surface area (Å²) in [5.41, 5.74) is 3.10. The fraction of sp³-hybridized carbons (Fsp3) is 0.438. The number of likely N-dealkylation sites (tertiary alicyclic amines) is 1. The predicted octanol–water partition coefficient (Wildman–Crippen LogP) is 2.83. The van der Waals surface area contributed by atoms with Crippen LogP contribution in [-0.2, 0) is 4.79 Å². The number of halogens is 3. The Morgan fingerprint density at radius 3 is 2.68 bits per heavy atom. The minimum Gasteiger partial charge on any atom is -0.347 e. The topological polar surface area (TPSA) is 62.3 Å². The first-order valence-corrected chi connectivity index (χ1v) is 8.68. The van der Waals surface area contributed by atoms with Crippen molar-refractivity contribution in [2.75, 3.05) is 19.6 Å².